The van der Waals surface area contributed by atoms with E-state index in [4.69, 9.17) is 21.4 Å². The maximum Gasteiger partial charge on any atom is 0.257 e. The van der Waals surface area contributed by atoms with Gasteiger partial charge in [-0.3, -0.25) is 10.1 Å². The predicted octanol–water partition coefficient (Wildman–Crippen LogP) is 5.72. The zero-order chi connectivity index (χ0) is 22.5. The third-order valence-corrected chi connectivity index (χ3v) is 4.93. The topological polar surface area (TPSA) is 76.4 Å². The molecule has 0 radical (unpaired) electrons. The number of rotatable bonds is 6. The minimum absolute atomic E-state index is 0.201. The predicted molar refractivity (Wildman–Crippen MR) is 130 cm³/mol. The van der Waals surface area contributed by atoms with Crippen LogP contribution in [0.2, 0.25) is 0 Å². The zero-order valence-electron chi connectivity index (χ0n) is 17.8. The summed E-state index contributed by atoms with van der Waals surface area (Å²) in [5, 5.41) is 5.94. The van der Waals surface area contributed by atoms with E-state index in [0.29, 0.717) is 18.1 Å². The molecular formula is C25H23N3O3S. The van der Waals surface area contributed by atoms with Crippen molar-refractivity contribution < 1.29 is 13.9 Å². The van der Waals surface area contributed by atoms with E-state index in [9.17, 15) is 4.79 Å². The fraction of sp³-hybridized carbons (Fsp3) is 0.160. The second-order valence-corrected chi connectivity index (χ2v) is 7.76. The van der Waals surface area contributed by atoms with Crippen molar-refractivity contribution in [2.75, 3.05) is 11.9 Å². The molecule has 0 aliphatic heterocycles. The summed E-state index contributed by atoms with van der Waals surface area (Å²) in [6.45, 7) is 4.70. The minimum Gasteiger partial charge on any atom is -0.494 e. The van der Waals surface area contributed by atoms with E-state index >= 15 is 0 Å². The molecule has 4 rings (SSSR count). The first-order valence-electron chi connectivity index (χ1n) is 10.3. The number of amides is 1. The standard InChI is InChI=1S/C25H23N3O3S/c1-3-13-30-20-10-8-17(9-11-20)23(29)28-25(32)26-19-6-4-5-18(15-19)24-27-21-14-16(2)7-12-22(21)31-24/h4-12,14-15H,3,13H2,1-2H3,(H2,26,28,29,32). The Morgan fingerprint density at radius 1 is 1.09 bits per heavy atom. The van der Waals surface area contributed by atoms with E-state index in [0.717, 1.165) is 40.1 Å². The molecule has 2 N–H and O–H groups in total. The molecule has 0 aliphatic rings. The number of hydrogen-bond donors (Lipinski definition) is 2. The van der Waals surface area contributed by atoms with Gasteiger partial charge in [-0.1, -0.05) is 19.1 Å². The Hall–Kier alpha value is -3.71. The van der Waals surface area contributed by atoms with Crippen LogP contribution in [-0.2, 0) is 0 Å². The summed E-state index contributed by atoms with van der Waals surface area (Å²) in [6, 6.07) is 20.3. The molecule has 4 aromatic rings. The molecular weight excluding hydrogens is 422 g/mol. The Labute approximate surface area is 191 Å². The van der Waals surface area contributed by atoms with Gasteiger partial charge in [0.1, 0.15) is 11.3 Å². The van der Waals surface area contributed by atoms with Crippen molar-refractivity contribution in [1.29, 1.82) is 0 Å². The maximum absolute atomic E-state index is 12.5. The molecule has 1 heterocycles. The van der Waals surface area contributed by atoms with Crippen LogP contribution in [0, 0.1) is 6.92 Å². The summed E-state index contributed by atoms with van der Waals surface area (Å²) >= 11 is 5.32. The molecule has 0 saturated heterocycles. The molecule has 32 heavy (non-hydrogen) atoms. The Kier molecular flexibility index (Phi) is 6.47. The number of aromatic nitrogens is 1. The van der Waals surface area contributed by atoms with E-state index < -0.39 is 0 Å². The van der Waals surface area contributed by atoms with Crippen molar-refractivity contribution in [3.63, 3.8) is 0 Å². The molecule has 162 valence electrons. The third kappa shape index (κ3) is 5.12. The minimum atomic E-state index is -0.296. The molecule has 0 atom stereocenters. The van der Waals surface area contributed by atoms with Crippen LogP contribution in [0.5, 0.6) is 5.75 Å². The van der Waals surface area contributed by atoms with E-state index in [-0.39, 0.29) is 11.0 Å². The van der Waals surface area contributed by atoms with Gasteiger partial charge in [0.05, 0.1) is 6.61 Å². The molecule has 0 fully saturated rings. The van der Waals surface area contributed by atoms with Crippen LogP contribution < -0.4 is 15.4 Å². The van der Waals surface area contributed by atoms with Crippen molar-refractivity contribution in [3.8, 4) is 17.2 Å². The lowest BCUT2D eigenvalue weighted by molar-refractivity contribution is 0.0977. The number of oxazole rings is 1. The lowest BCUT2D eigenvalue weighted by Gasteiger charge is -2.11. The Morgan fingerprint density at radius 2 is 1.91 bits per heavy atom. The average molecular weight is 446 g/mol. The first-order valence-corrected chi connectivity index (χ1v) is 10.8. The van der Waals surface area contributed by atoms with Gasteiger partial charge in [-0.25, -0.2) is 4.98 Å². The number of aryl methyl sites for hydroxylation is 1. The van der Waals surface area contributed by atoms with Gasteiger partial charge in [-0.2, -0.15) is 0 Å². The summed E-state index contributed by atoms with van der Waals surface area (Å²) in [4.78, 5) is 17.1. The van der Waals surface area contributed by atoms with Crippen LogP contribution in [0.1, 0.15) is 29.3 Å². The summed E-state index contributed by atoms with van der Waals surface area (Å²) < 4.78 is 11.4. The highest BCUT2D eigenvalue weighted by Gasteiger charge is 2.11. The number of fused-ring (bicyclic) bond motifs is 1. The fourth-order valence-corrected chi connectivity index (χ4v) is 3.36. The maximum atomic E-state index is 12.5. The monoisotopic (exact) mass is 445 g/mol. The van der Waals surface area contributed by atoms with E-state index in [1.54, 1.807) is 24.3 Å². The number of thiocarbonyl (C=S) groups is 1. The first kappa shape index (κ1) is 21.5. The van der Waals surface area contributed by atoms with Crippen molar-refractivity contribution in [3.05, 3.63) is 77.9 Å². The number of nitrogens with one attached hydrogen (secondary N) is 2. The smallest absolute Gasteiger partial charge is 0.257 e. The normalized spacial score (nSPS) is 10.7. The van der Waals surface area contributed by atoms with Crippen LogP contribution in [-0.4, -0.2) is 22.6 Å². The number of carbonyl (C=O) groups is 1. The highest BCUT2D eigenvalue weighted by molar-refractivity contribution is 7.80. The van der Waals surface area contributed by atoms with Gasteiger partial charge in [0.25, 0.3) is 5.91 Å². The summed E-state index contributed by atoms with van der Waals surface area (Å²) in [5.74, 6) is 0.958. The van der Waals surface area contributed by atoms with E-state index in [1.165, 1.54) is 0 Å². The lowest BCUT2D eigenvalue weighted by Crippen LogP contribution is -2.34. The van der Waals surface area contributed by atoms with Crippen LogP contribution in [0.15, 0.2) is 71.1 Å². The van der Waals surface area contributed by atoms with Crippen LogP contribution >= 0.6 is 12.2 Å². The summed E-state index contributed by atoms with van der Waals surface area (Å²) in [6.07, 6.45) is 0.926. The SMILES string of the molecule is CCCOc1ccc(C(=O)NC(=S)Nc2cccc(-c3nc4cc(C)ccc4o3)c2)cc1. The molecule has 6 nitrogen and oxygen atoms in total. The molecule has 0 aliphatic carbocycles. The second-order valence-electron chi connectivity index (χ2n) is 7.35. The quantitative estimate of drug-likeness (QED) is 0.370. The summed E-state index contributed by atoms with van der Waals surface area (Å²) in [7, 11) is 0. The average Bonchev–Trinajstić information content (AvgIpc) is 3.21. The fourth-order valence-electron chi connectivity index (χ4n) is 3.15. The van der Waals surface area contributed by atoms with Gasteiger partial charge < -0.3 is 14.5 Å². The Balaban J connectivity index is 1.41. The number of hydrogen-bond acceptors (Lipinski definition) is 5. The van der Waals surface area contributed by atoms with Crippen molar-refractivity contribution in [2.45, 2.75) is 20.3 Å². The highest BCUT2D eigenvalue weighted by atomic mass is 32.1. The summed E-state index contributed by atoms with van der Waals surface area (Å²) in [5.41, 5.74) is 4.69. The highest BCUT2D eigenvalue weighted by Crippen LogP contribution is 2.26. The molecule has 1 aromatic heterocycles. The molecule has 0 spiro atoms. The Morgan fingerprint density at radius 3 is 2.69 bits per heavy atom. The number of ether oxygens (including phenoxy) is 1. The van der Waals surface area contributed by atoms with Crippen LogP contribution in [0.3, 0.4) is 0 Å². The van der Waals surface area contributed by atoms with Crippen LogP contribution in [0.4, 0.5) is 5.69 Å². The largest absolute Gasteiger partial charge is 0.494 e. The Bertz CT molecular complexity index is 1270. The molecule has 1 amide bonds. The lowest BCUT2D eigenvalue weighted by atomic mass is 10.2. The first-order chi connectivity index (χ1) is 15.5. The van der Waals surface area contributed by atoms with Gasteiger partial charge in [0.2, 0.25) is 5.89 Å². The van der Waals surface area contributed by atoms with Crippen molar-refractivity contribution in [1.82, 2.24) is 10.3 Å². The van der Waals surface area contributed by atoms with Gasteiger partial charge >= 0.3 is 0 Å². The van der Waals surface area contributed by atoms with Gasteiger partial charge in [-0.05, 0) is 85.7 Å². The molecule has 0 saturated carbocycles. The van der Waals surface area contributed by atoms with Crippen LogP contribution in [0.25, 0.3) is 22.6 Å². The number of anilines is 1. The van der Waals surface area contributed by atoms with Crippen molar-refractivity contribution >= 4 is 40.0 Å². The van der Waals surface area contributed by atoms with E-state index in [1.807, 2.05) is 56.3 Å². The number of nitrogens with zero attached hydrogens (tertiary/aromatic N) is 1. The zero-order valence-corrected chi connectivity index (χ0v) is 18.7. The molecule has 3 aromatic carbocycles. The second kappa shape index (κ2) is 9.62. The number of benzene rings is 3. The third-order valence-electron chi connectivity index (χ3n) is 4.73. The molecule has 0 unspecified atom stereocenters. The van der Waals surface area contributed by atoms with Gasteiger partial charge in [0, 0.05) is 16.8 Å². The molecule has 7 heteroatoms. The van der Waals surface area contributed by atoms with Gasteiger partial charge in [-0.15, -0.1) is 0 Å². The number of carbonyl (C=O) groups excluding carboxylic acids is 1. The van der Waals surface area contributed by atoms with Gasteiger partial charge in [0.15, 0.2) is 10.7 Å². The molecule has 0 bridgehead atoms. The van der Waals surface area contributed by atoms with Crippen molar-refractivity contribution in [2.24, 2.45) is 0 Å². The van der Waals surface area contributed by atoms with E-state index in [2.05, 4.69) is 15.6 Å².